The van der Waals surface area contributed by atoms with Gasteiger partial charge < -0.3 is 9.73 Å². The van der Waals surface area contributed by atoms with Gasteiger partial charge in [0.15, 0.2) is 5.58 Å². The molecule has 1 aromatic carbocycles. The molecule has 5 nitrogen and oxygen atoms in total. The Bertz CT molecular complexity index is 780. The van der Waals surface area contributed by atoms with E-state index in [-0.39, 0.29) is 17.6 Å². The van der Waals surface area contributed by atoms with Crippen molar-refractivity contribution >= 4 is 34.7 Å². The number of carbonyl (C=O) groups excluding carboxylic acids is 1. The van der Waals surface area contributed by atoms with Gasteiger partial charge in [0.25, 0.3) is 0 Å². The minimum Gasteiger partial charge on any atom is -0.423 e. The van der Waals surface area contributed by atoms with E-state index in [1.807, 2.05) is 0 Å². The summed E-state index contributed by atoms with van der Waals surface area (Å²) >= 11 is 5.96. The third kappa shape index (κ3) is 2.46. The number of carbonyl (C=O) groups is 1. The summed E-state index contributed by atoms with van der Waals surface area (Å²) in [6.45, 7) is 0. The van der Waals surface area contributed by atoms with Crippen LogP contribution in [0, 0.1) is 17.8 Å². The molecule has 0 aliphatic heterocycles. The van der Waals surface area contributed by atoms with E-state index in [2.05, 4.69) is 15.6 Å². The van der Waals surface area contributed by atoms with Crippen LogP contribution in [0.25, 0.3) is 11.1 Å². The molecule has 1 heterocycles. The second-order valence-electron chi connectivity index (χ2n) is 7.91. The first kappa shape index (κ1) is 14.6. The standard InChI is InChI=1S/C18H20ClN3O2/c19-13-1-2-15-14(6-13)20-17(24-15)21-16(23)22-18-7-10-3-11(8-18)5-12(4-10)9-18/h1-2,6,10-12H,3-5,7-9H2,(H2,20,21,22,23). The number of hydrogen-bond acceptors (Lipinski definition) is 3. The zero-order valence-electron chi connectivity index (χ0n) is 13.3. The van der Waals surface area contributed by atoms with Crippen molar-refractivity contribution in [3.8, 4) is 0 Å². The van der Waals surface area contributed by atoms with Crippen LogP contribution in [0.3, 0.4) is 0 Å². The maximum atomic E-state index is 12.5. The van der Waals surface area contributed by atoms with Crippen LogP contribution in [0.15, 0.2) is 22.6 Å². The van der Waals surface area contributed by atoms with Gasteiger partial charge in [0.05, 0.1) is 0 Å². The molecule has 0 unspecified atom stereocenters. The SMILES string of the molecule is O=C(Nc1nc2cc(Cl)ccc2o1)NC12CC3CC(CC(C3)C1)C2. The quantitative estimate of drug-likeness (QED) is 0.837. The third-order valence-corrected chi connectivity index (χ3v) is 6.22. The first-order valence-electron chi connectivity index (χ1n) is 8.72. The number of benzene rings is 1. The first-order chi connectivity index (χ1) is 11.6. The zero-order chi connectivity index (χ0) is 16.3. The third-order valence-electron chi connectivity index (χ3n) is 5.99. The van der Waals surface area contributed by atoms with Crippen LogP contribution in [-0.2, 0) is 0 Å². The lowest BCUT2D eigenvalue weighted by atomic mass is 9.53. The lowest BCUT2D eigenvalue weighted by Crippen LogP contribution is -2.60. The fraction of sp³-hybridized carbons (Fsp3) is 0.556. The van der Waals surface area contributed by atoms with Gasteiger partial charge in [-0.2, -0.15) is 4.98 Å². The molecule has 2 amide bonds. The van der Waals surface area contributed by atoms with Crippen molar-refractivity contribution in [1.29, 1.82) is 0 Å². The van der Waals surface area contributed by atoms with Gasteiger partial charge in [-0.3, -0.25) is 5.32 Å². The van der Waals surface area contributed by atoms with E-state index in [0.29, 0.717) is 16.1 Å². The lowest BCUT2D eigenvalue weighted by Gasteiger charge is -2.56. The van der Waals surface area contributed by atoms with Crippen molar-refractivity contribution in [3.63, 3.8) is 0 Å². The average molecular weight is 346 g/mol. The number of rotatable bonds is 2. The number of anilines is 1. The highest BCUT2D eigenvalue weighted by Crippen LogP contribution is 2.55. The smallest absolute Gasteiger partial charge is 0.323 e. The van der Waals surface area contributed by atoms with E-state index < -0.39 is 0 Å². The van der Waals surface area contributed by atoms with E-state index in [0.717, 1.165) is 37.0 Å². The molecule has 4 aliphatic carbocycles. The largest absolute Gasteiger partial charge is 0.423 e. The first-order valence-corrected chi connectivity index (χ1v) is 9.10. The van der Waals surface area contributed by atoms with Crippen molar-refractivity contribution in [2.24, 2.45) is 17.8 Å². The molecule has 2 aromatic rings. The summed E-state index contributed by atoms with van der Waals surface area (Å²) in [6, 6.07) is 5.23. The predicted octanol–water partition coefficient (Wildman–Crippen LogP) is 4.57. The van der Waals surface area contributed by atoms with Crippen LogP contribution < -0.4 is 10.6 Å². The van der Waals surface area contributed by atoms with Gasteiger partial charge in [-0.15, -0.1) is 0 Å². The van der Waals surface area contributed by atoms with Crippen LogP contribution in [0.4, 0.5) is 10.8 Å². The molecular formula is C18H20ClN3O2. The van der Waals surface area contributed by atoms with Crippen molar-refractivity contribution in [2.75, 3.05) is 5.32 Å². The van der Waals surface area contributed by atoms with Crippen molar-refractivity contribution in [3.05, 3.63) is 23.2 Å². The highest BCUT2D eigenvalue weighted by atomic mass is 35.5. The Labute approximate surface area is 145 Å². The van der Waals surface area contributed by atoms with Crippen LogP contribution in [-0.4, -0.2) is 16.6 Å². The normalized spacial score (nSPS) is 33.8. The Morgan fingerprint density at radius 1 is 1.17 bits per heavy atom. The molecule has 4 bridgehead atoms. The van der Waals surface area contributed by atoms with Gasteiger partial charge in [0, 0.05) is 10.6 Å². The number of urea groups is 1. The number of hydrogen-bond donors (Lipinski definition) is 2. The monoisotopic (exact) mass is 345 g/mol. The Hall–Kier alpha value is -1.75. The summed E-state index contributed by atoms with van der Waals surface area (Å²) in [5.41, 5.74) is 1.24. The maximum absolute atomic E-state index is 12.5. The fourth-order valence-corrected chi connectivity index (χ4v) is 5.75. The van der Waals surface area contributed by atoms with E-state index >= 15 is 0 Å². The Kier molecular flexibility index (Phi) is 3.11. The highest BCUT2D eigenvalue weighted by Gasteiger charge is 2.51. The molecule has 4 saturated carbocycles. The minimum atomic E-state index is -0.213. The van der Waals surface area contributed by atoms with Crippen molar-refractivity contribution < 1.29 is 9.21 Å². The topological polar surface area (TPSA) is 67.2 Å². The van der Waals surface area contributed by atoms with E-state index in [1.54, 1.807) is 18.2 Å². The summed E-state index contributed by atoms with van der Waals surface area (Å²) < 4.78 is 5.57. The van der Waals surface area contributed by atoms with Gasteiger partial charge in [0.2, 0.25) is 0 Å². The van der Waals surface area contributed by atoms with Crippen LogP contribution in [0.5, 0.6) is 0 Å². The molecule has 6 rings (SSSR count). The molecule has 1 aromatic heterocycles. The van der Waals surface area contributed by atoms with E-state index in [4.69, 9.17) is 16.0 Å². The second kappa shape index (κ2) is 5.12. The fourth-order valence-electron chi connectivity index (χ4n) is 5.59. The van der Waals surface area contributed by atoms with E-state index in [1.165, 1.54) is 19.3 Å². The summed E-state index contributed by atoms with van der Waals surface area (Å²) in [6.07, 6.45) is 7.43. The summed E-state index contributed by atoms with van der Waals surface area (Å²) in [7, 11) is 0. The molecule has 0 atom stereocenters. The van der Waals surface area contributed by atoms with Crippen LogP contribution in [0.1, 0.15) is 38.5 Å². The Balaban J connectivity index is 1.31. The van der Waals surface area contributed by atoms with Crippen LogP contribution >= 0.6 is 11.6 Å². The molecule has 0 spiro atoms. The Morgan fingerprint density at radius 2 is 1.83 bits per heavy atom. The zero-order valence-corrected chi connectivity index (χ0v) is 14.1. The maximum Gasteiger partial charge on any atom is 0.323 e. The molecule has 0 radical (unpaired) electrons. The molecule has 2 N–H and O–H groups in total. The van der Waals surface area contributed by atoms with Gasteiger partial charge in [0.1, 0.15) is 5.52 Å². The van der Waals surface area contributed by atoms with Gasteiger partial charge >= 0.3 is 12.0 Å². The lowest BCUT2D eigenvalue weighted by molar-refractivity contribution is -0.0127. The van der Waals surface area contributed by atoms with Crippen molar-refractivity contribution in [1.82, 2.24) is 10.3 Å². The highest BCUT2D eigenvalue weighted by molar-refractivity contribution is 6.31. The molecule has 0 saturated heterocycles. The molecule has 24 heavy (non-hydrogen) atoms. The minimum absolute atomic E-state index is 0.0197. The predicted molar refractivity (Wildman–Crippen MR) is 92.1 cm³/mol. The number of amides is 2. The van der Waals surface area contributed by atoms with Crippen LogP contribution in [0.2, 0.25) is 5.02 Å². The number of nitrogens with one attached hydrogen (secondary N) is 2. The van der Waals surface area contributed by atoms with Gasteiger partial charge in [-0.05, 0) is 74.5 Å². The average Bonchev–Trinajstić information content (AvgIpc) is 2.85. The van der Waals surface area contributed by atoms with Gasteiger partial charge in [-0.1, -0.05) is 11.6 Å². The molecule has 4 aliphatic rings. The molecule has 126 valence electrons. The number of halogens is 1. The molecular weight excluding hydrogens is 326 g/mol. The second-order valence-corrected chi connectivity index (χ2v) is 8.34. The number of nitrogens with zero attached hydrogens (tertiary/aromatic N) is 1. The number of fused-ring (bicyclic) bond motifs is 1. The number of oxazole rings is 1. The summed E-state index contributed by atoms with van der Waals surface area (Å²) in [5.74, 6) is 2.38. The van der Waals surface area contributed by atoms with Gasteiger partial charge in [-0.25, -0.2) is 4.79 Å². The number of aromatic nitrogens is 1. The summed E-state index contributed by atoms with van der Waals surface area (Å²) in [5, 5.41) is 6.61. The van der Waals surface area contributed by atoms with E-state index in [9.17, 15) is 4.79 Å². The molecule has 6 heteroatoms. The summed E-state index contributed by atoms with van der Waals surface area (Å²) in [4.78, 5) is 16.8. The molecule has 4 fully saturated rings. The Morgan fingerprint density at radius 3 is 2.50 bits per heavy atom. The van der Waals surface area contributed by atoms with Crippen molar-refractivity contribution in [2.45, 2.75) is 44.1 Å².